The van der Waals surface area contributed by atoms with Crippen LogP contribution in [0, 0.1) is 11.8 Å². The van der Waals surface area contributed by atoms with Crippen LogP contribution in [0.15, 0.2) is 66.7 Å². The van der Waals surface area contributed by atoms with Crippen LogP contribution in [0.1, 0.15) is 35.2 Å². The average Bonchev–Trinajstić information content (AvgIpc) is 3.39. The highest BCUT2D eigenvalue weighted by Gasteiger charge is 2.37. The van der Waals surface area contributed by atoms with E-state index in [1.165, 1.54) is 0 Å². The van der Waals surface area contributed by atoms with Crippen molar-refractivity contribution < 1.29 is 29.0 Å². The Kier molecular flexibility index (Phi) is 7.68. The van der Waals surface area contributed by atoms with Crippen LogP contribution in [0.5, 0.6) is 11.5 Å². The van der Waals surface area contributed by atoms with Gasteiger partial charge in [-0.05, 0) is 53.8 Å². The molecule has 1 amide bonds. The maximum Gasteiger partial charge on any atom is 0.307 e. The van der Waals surface area contributed by atoms with Crippen LogP contribution in [0.3, 0.4) is 0 Å². The number of Topliss-reactive ketones (excluding diaryl/α,β-unsaturated/α-hetero) is 1. The van der Waals surface area contributed by atoms with E-state index in [4.69, 9.17) is 9.47 Å². The van der Waals surface area contributed by atoms with Crippen molar-refractivity contribution in [1.82, 2.24) is 0 Å². The lowest BCUT2D eigenvalue weighted by Crippen LogP contribution is -2.25. The molecule has 186 valence electrons. The van der Waals surface area contributed by atoms with Gasteiger partial charge in [0.15, 0.2) is 17.3 Å². The first kappa shape index (κ1) is 25.0. The summed E-state index contributed by atoms with van der Waals surface area (Å²) in [5.41, 5.74) is 3.89. The topological polar surface area (TPSA) is 102 Å². The number of carbonyl (C=O) groups excluding carboxylic acids is 2. The van der Waals surface area contributed by atoms with Gasteiger partial charge in [0.1, 0.15) is 0 Å². The second kappa shape index (κ2) is 11.1. The van der Waals surface area contributed by atoms with Gasteiger partial charge in [0.25, 0.3) is 0 Å². The second-order valence-corrected chi connectivity index (χ2v) is 8.92. The van der Waals surface area contributed by atoms with Crippen LogP contribution >= 0.6 is 0 Å². The second-order valence-electron chi connectivity index (χ2n) is 8.92. The maximum absolute atomic E-state index is 12.8. The summed E-state index contributed by atoms with van der Waals surface area (Å²) in [4.78, 5) is 36.8. The van der Waals surface area contributed by atoms with Crippen molar-refractivity contribution in [2.45, 2.75) is 25.7 Å². The molecular formula is C29H29NO6. The van der Waals surface area contributed by atoms with E-state index >= 15 is 0 Å². The number of rotatable bonds is 9. The van der Waals surface area contributed by atoms with Gasteiger partial charge in [-0.15, -0.1) is 0 Å². The summed E-state index contributed by atoms with van der Waals surface area (Å²) in [6.07, 6.45) is 2.14. The molecule has 0 aliphatic heterocycles. The molecule has 0 heterocycles. The molecule has 4 rings (SSSR count). The number of ketones is 1. The van der Waals surface area contributed by atoms with Crippen molar-refractivity contribution in [2.24, 2.45) is 11.8 Å². The average molecular weight is 488 g/mol. The third-order valence-electron chi connectivity index (χ3n) is 6.65. The molecular weight excluding hydrogens is 458 g/mol. The van der Waals surface area contributed by atoms with E-state index in [0.29, 0.717) is 35.6 Å². The van der Waals surface area contributed by atoms with E-state index in [-0.39, 0.29) is 18.1 Å². The van der Waals surface area contributed by atoms with Crippen LogP contribution in [-0.4, -0.2) is 37.0 Å². The molecule has 36 heavy (non-hydrogen) atoms. The molecule has 0 bridgehead atoms. The number of methoxy groups -OCH3 is 2. The van der Waals surface area contributed by atoms with E-state index in [2.05, 4.69) is 5.32 Å². The largest absolute Gasteiger partial charge is 0.493 e. The van der Waals surface area contributed by atoms with Gasteiger partial charge < -0.3 is 19.9 Å². The lowest BCUT2D eigenvalue weighted by Gasteiger charge is -2.14. The number of anilines is 1. The molecule has 0 radical (unpaired) electrons. The fourth-order valence-electron chi connectivity index (χ4n) is 4.74. The molecule has 0 saturated heterocycles. The van der Waals surface area contributed by atoms with Crippen LogP contribution in [0.25, 0.3) is 11.1 Å². The fraction of sp³-hybridized carbons (Fsp3) is 0.276. The zero-order chi connectivity index (χ0) is 25.7. The normalized spacial score (nSPS) is 16.8. The van der Waals surface area contributed by atoms with Crippen molar-refractivity contribution in [2.75, 3.05) is 19.5 Å². The van der Waals surface area contributed by atoms with Gasteiger partial charge in [-0.2, -0.15) is 0 Å². The quantitative estimate of drug-likeness (QED) is 0.401. The smallest absolute Gasteiger partial charge is 0.307 e. The summed E-state index contributed by atoms with van der Waals surface area (Å²) < 4.78 is 10.5. The van der Waals surface area contributed by atoms with Crippen molar-refractivity contribution >= 4 is 23.3 Å². The summed E-state index contributed by atoms with van der Waals surface area (Å²) in [6.45, 7) is 0. The molecule has 2 atom stereocenters. The van der Waals surface area contributed by atoms with Crippen molar-refractivity contribution in [1.29, 1.82) is 0 Å². The minimum Gasteiger partial charge on any atom is -0.493 e. The van der Waals surface area contributed by atoms with Crippen LogP contribution in [0.4, 0.5) is 5.69 Å². The Bertz CT molecular complexity index is 1250. The Balaban J connectivity index is 1.38. The minimum absolute atomic E-state index is 0.0982. The van der Waals surface area contributed by atoms with Crippen LogP contribution in [0.2, 0.25) is 0 Å². The molecule has 0 spiro atoms. The lowest BCUT2D eigenvalue weighted by atomic mass is 9.88. The first-order valence-electron chi connectivity index (χ1n) is 11.9. The molecule has 1 saturated carbocycles. The molecule has 0 aromatic heterocycles. The number of benzene rings is 3. The van der Waals surface area contributed by atoms with Crippen molar-refractivity contribution in [3.63, 3.8) is 0 Å². The van der Waals surface area contributed by atoms with Gasteiger partial charge in [0.05, 0.1) is 26.6 Å². The van der Waals surface area contributed by atoms with E-state index in [9.17, 15) is 19.5 Å². The number of hydrogen-bond acceptors (Lipinski definition) is 5. The van der Waals surface area contributed by atoms with E-state index in [1.807, 2.05) is 42.5 Å². The lowest BCUT2D eigenvalue weighted by molar-refractivity contribution is -0.142. The number of carboxylic acid groups (broad SMARTS) is 1. The molecule has 1 aliphatic rings. The Morgan fingerprint density at radius 3 is 2.06 bits per heavy atom. The summed E-state index contributed by atoms with van der Waals surface area (Å²) in [5, 5.41) is 12.3. The molecule has 1 aliphatic carbocycles. The first-order chi connectivity index (χ1) is 17.4. The SMILES string of the molecule is COc1ccc(CC(=O)Nc2ccc(-c3ccc(C(=O)[C@@H]4CCC[C@H]4C(=O)O)cc3)cc2)cc1OC. The maximum atomic E-state index is 12.8. The van der Waals surface area contributed by atoms with E-state index in [0.717, 1.165) is 23.1 Å². The predicted octanol–water partition coefficient (Wildman–Crippen LogP) is 5.24. The van der Waals surface area contributed by atoms with E-state index in [1.54, 1.807) is 38.5 Å². The monoisotopic (exact) mass is 487 g/mol. The standard InChI is InChI=1S/C29H29NO6/c1-35-25-15-6-18(16-26(25)36-2)17-27(31)30-22-13-11-20(12-14-22)19-7-9-21(10-8-19)28(32)23-4-3-5-24(23)29(33)34/h6-16,23-24H,3-5,17H2,1-2H3,(H,30,31)(H,33,34)/t23-,24-/m1/s1. The van der Waals surface area contributed by atoms with Crippen molar-refractivity contribution in [3.8, 4) is 22.6 Å². The Morgan fingerprint density at radius 1 is 0.833 bits per heavy atom. The molecule has 7 heteroatoms. The van der Waals surface area contributed by atoms with E-state index < -0.39 is 17.8 Å². The summed E-state index contributed by atoms with van der Waals surface area (Å²) in [6, 6.07) is 20.1. The molecule has 1 fully saturated rings. The highest BCUT2D eigenvalue weighted by molar-refractivity contribution is 6.00. The molecule has 3 aromatic carbocycles. The van der Waals surface area contributed by atoms with Gasteiger partial charge in [0, 0.05) is 17.2 Å². The van der Waals surface area contributed by atoms with Crippen LogP contribution in [-0.2, 0) is 16.0 Å². The third-order valence-corrected chi connectivity index (χ3v) is 6.65. The zero-order valence-corrected chi connectivity index (χ0v) is 20.3. The predicted molar refractivity (Wildman–Crippen MR) is 137 cm³/mol. The molecule has 0 unspecified atom stereocenters. The molecule has 7 nitrogen and oxygen atoms in total. The first-order valence-corrected chi connectivity index (χ1v) is 11.9. The van der Waals surface area contributed by atoms with Gasteiger partial charge in [-0.3, -0.25) is 14.4 Å². The molecule has 3 aromatic rings. The zero-order valence-electron chi connectivity index (χ0n) is 20.3. The minimum atomic E-state index is -0.890. The fourth-order valence-corrected chi connectivity index (χ4v) is 4.74. The third kappa shape index (κ3) is 5.57. The molecule has 2 N–H and O–H groups in total. The Labute approximate surface area is 210 Å². The number of aliphatic carboxylic acids is 1. The highest BCUT2D eigenvalue weighted by Crippen LogP contribution is 2.35. The Hall–Kier alpha value is -4.13. The number of carboxylic acids is 1. The van der Waals surface area contributed by atoms with Crippen molar-refractivity contribution in [3.05, 3.63) is 77.9 Å². The van der Waals surface area contributed by atoms with Gasteiger partial charge in [0.2, 0.25) is 5.91 Å². The summed E-state index contributed by atoms with van der Waals surface area (Å²) in [7, 11) is 3.12. The number of amides is 1. The Morgan fingerprint density at radius 2 is 1.44 bits per heavy atom. The van der Waals surface area contributed by atoms with Gasteiger partial charge >= 0.3 is 5.97 Å². The number of hydrogen-bond donors (Lipinski definition) is 2. The van der Waals surface area contributed by atoms with Crippen LogP contribution < -0.4 is 14.8 Å². The number of ether oxygens (including phenoxy) is 2. The number of nitrogens with one attached hydrogen (secondary N) is 1. The summed E-state index contributed by atoms with van der Waals surface area (Å²) in [5.74, 6) is -0.994. The van der Waals surface area contributed by atoms with Gasteiger partial charge in [-0.1, -0.05) is 48.9 Å². The highest BCUT2D eigenvalue weighted by atomic mass is 16.5. The number of carbonyl (C=O) groups is 3. The summed E-state index contributed by atoms with van der Waals surface area (Å²) >= 11 is 0. The van der Waals surface area contributed by atoms with Gasteiger partial charge in [-0.25, -0.2) is 0 Å².